The average Bonchev–Trinajstić information content (AvgIpc) is 2.39. The highest BCUT2D eigenvalue weighted by Gasteiger charge is 2.15. The van der Waals surface area contributed by atoms with Crippen molar-refractivity contribution < 1.29 is 13.2 Å². The van der Waals surface area contributed by atoms with Crippen LogP contribution in [0.15, 0.2) is 24.3 Å². The van der Waals surface area contributed by atoms with Gasteiger partial charge in [-0.15, -0.1) is 11.6 Å². The minimum absolute atomic E-state index is 0.0207. The molecule has 0 saturated heterocycles. The van der Waals surface area contributed by atoms with Gasteiger partial charge in [-0.05, 0) is 32.0 Å². The van der Waals surface area contributed by atoms with Crippen molar-refractivity contribution in [3.8, 4) is 17.6 Å². The van der Waals surface area contributed by atoms with Gasteiger partial charge in [-0.2, -0.15) is 0 Å². The molecule has 0 aliphatic heterocycles. The second kappa shape index (κ2) is 8.18. The van der Waals surface area contributed by atoms with E-state index in [1.807, 2.05) is 12.1 Å². The molecule has 3 nitrogen and oxygen atoms in total. The van der Waals surface area contributed by atoms with Gasteiger partial charge in [0, 0.05) is 17.9 Å². The summed E-state index contributed by atoms with van der Waals surface area (Å²) in [7, 11) is -3.06. The SMILES string of the molecule is CC(C)S(=O)(=O)CCOc1cccc(C#CCCCl)c1. The van der Waals surface area contributed by atoms with Gasteiger partial charge in [-0.1, -0.05) is 17.9 Å². The molecule has 0 amide bonds. The number of benzene rings is 1. The summed E-state index contributed by atoms with van der Waals surface area (Å²) in [6.45, 7) is 3.49. The maximum absolute atomic E-state index is 11.6. The molecule has 0 radical (unpaired) electrons. The summed E-state index contributed by atoms with van der Waals surface area (Å²) in [6.07, 6.45) is 0.638. The fourth-order valence-electron chi connectivity index (χ4n) is 1.39. The van der Waals surface area contributed by atoms with Gasteiger partial charge in [-0.25, -0.2) is 8.42 Å². The number of rotatable bonds is 6. The van der Waals surface area contributed by atoms with E-state index in [1.165, 1.54) is 0 Å². The summed E-state index contributed by atoms with van der Waals surface area (Å²) in [4.78, 5) is 0. The minimum atomic E-state index is -3.06. The van der Waals surface area contributed by atoms with Crippen LogP contribution in [0.3, 0.4) is 0 Å². The third kappa shape index (κ3) is 5.85. The summed E-state index contributed by atoms with van der Waals surface area (Å²) in [6, 6.07) is 7.29. The Morgan fingerprint density at radius 2 is 2.10 bits per heavy atom. The molecule has 20 heavy (non-hydrogen) atoms. The van der Waals surface area contributed by atoms with E-state index < -0.39 is 9.84 Å². The summed E-state index contributed by atoms with van der Waals surface area (Å²) in [5.74, 6) is 7.08. The molecule has 1 rings (SSSR count). The van der Waals surface area contributed by atoms with Crippen LogP contribution in [0.25, 0.3) is 0 Å². The third-order valence-corrected chi connectivity index (χ3v) is 5.00. The van der Waals surface area contributed by atoms with Gasteiger partial charge < -0.3 is 4.74 Å². The lowest BCUT2D eigenvalue weighted by Gasteiger charge is -2.09. The first-order valence-electron chi connectivity index (χ1n) is 6.45. The maximum Gasteiger partial charge on any atom is 0.155 e. The van der Waals surface area contributed by atoms with Crippen LogP contribution in [0.2, 0.25) is 0 Å². The van der Waals surface area contributed by atoms with Gasteiger partial charge in [-0.3, -0.25) is 0 Å². The fraction of sp³-hybridized carbons (Fsp3) is 0.467. The molecule has 110 valence electrons. The predicted octanol–water partition coefficient (Wildman–Crippen LogP) is 2.87. The van der Waals surface area contributed by atoms with Crippen LogP contribution < -0.4 is 4.74 Å². The fourth-order valence-corrected chi connectivity index (χ4v) is 2.27. The van der Waals surface area contributed by atoms with Gasteiger partial charge in [0.25, 0.3) is 0 Å². The van der Waals surface area contributed by atoms with Crippen LogP contribution in [0.5, 0.6) is 5.75 Å². The van der Waals surface area contributed by atoms with Crippen LogP contribution in [0.1, 0.15) is 25.8 Å². The van der Waals surface area contributed by atoms with Crippen molar-refractivity contribution in [3.63, 3.8) is 0 Å². The summed E-state index contributed by atoms with van der Waals surface area (Å²) >= 11 is 5.55. The van der Waals surface area contributed by atoms with E-state index in [0.29, 0.717) is 18.1 Å². The standard InChI is InChI=1S/C15H19ClO3S/c1-13(2)20(17,18)11-10-19-15-8-5-7-14(12-15)6-3-4-9-16/h5,7-8,12-13H,4,9-11H2,1-2H3. The second-order valence-corrected chi connectivity index (χ2v) is 7.59. The number of hydrogen-bond acceptors (Lipinski definition) is 3. The number of halogens is 1. The Morgan fingerprint density at radius 1 is 1.35 bits per heavy atom. The van der Waals surface area contributed by atoms with Crippen molar-refractivity contribution in [1.29, 1.82) is 0 Å². The molecule has 1 aromatic carbocycles. The number of sulfone groups is 1. The number of hydrogen-bond donors (Lipinski definition) is 0. The van der Waals surface area contributed by atoms with Gasteiger partial charge in [0.15, 0.2) is 9.84 Å². The van der Waals surface area contributed by atoms with E-state index >= 15 is 0 Å². The molecular weight excluding hydrogens is 296 g/mol. The molecule has 0 heterocycles. The molecule has 0 atom stereocenters. The van der Waals surface area contributed by atoms with Crippen LogP contribution in [-0.4, -0.2) is 31.9 Å². The van der Waals surface area contributed by atoms with Crippen LogP contribution >= 0.6 is 11.6 Å². The molecule has 0 fully saturated rings. The molecular formula is C15H19ClO3S. The molecule has 1 aromatic rings. The lowest BCUT2D eigenvalue weighted by atomic mass is 10.2. The number of ether oxygens (including phenoxy) is 1. The molecule has 0 aliphatic carbocycles. The minimum Gasteiger partial charge on any atom is -0.492 e. The average molecular weight is 315 g/mol. The predicted molar refractivity (Wildman–Crippen MR) is 83.1 cm³/mol. The van der Waals surface area contributed by atoms with Crippen molar-refractivity contribution in [1.82, 2.24) is 0 Å². The third-order valence-electron chi connectivity index (χ3n) is 2.64. The maximum atomic E-state index is 11.6. The Hall–Kier alpha value is -1.18. The zero-order valence-corrected chi connectivity index (χ0v) is 13.3. The van der Waals surface area contributed by atoms with Crippen molar-refractivity contribution >= 4 is 21.4 Å². The van der Waals surface area contributed by atoms with E-state index in [2.05, 4.69) is 11.8 Å². The van der Waals surface area contributed by atoms with E-state index in [9.17, 15) is 8.42 Å². The van der Waals surface area contributed by atoms with Crippen LogP contribution in [-0.2, 0) is 9.84 Å². The first-order valence-corrected chi connectivity index (χ1v) is 8.70. The van der Waals surface area contributed by atoms with Gasteiger partial charge >= 0.3 is 0 Å². The number of alkyl halides is 1. The van der Waals surface area contributed by atoms with Crippen molar-refractivity contribution in [3.05, 3.63) is 29.8 Å². The first-order chi connectivity index (χ1) is 9.45. The Kier molecular flexibility index (Phi) is 6.90. The van der Waals surface area contributed by atoms with Crippen molar-refractivity contribution in [2.75, 3.05) is 18.2 Å². The normalized spacial score (nSPS) is 11.0. The van der Waals surface area contributed by atoms with Gasteiger partial charge in [0.05, 0.1) is 11.0 Å². The summed E-state index contributed by atoms with van der Waals surface area (Å²) in [5, 5.41) is -0.376. The molecule has 0 spiro atoms. The zero-order chi connectivity index (χ0) is 15.0. The van der Waals surface area contributed by atoms with E-state index in [1.54, 1.807) is 26.0 Å². The Labute approximate surface area is 126 Å². The topological polar surface area (TPSA) is 43.4 Å². The Morgan fingerprint density at radius 3 is 2.75 bits per heavy atom. The lowest BCUT2D eigenvalue weighted by Crippen LogP contribution is -2.22. The molecule has 0 N–H and O–H groups in total. The largest absolute Gasteiger partial charge is 0.492 e. The smallest absolute Gasteiger partial charge is 0.155 e. The van der Waals surface area contributed by atoms with Gasteiger partial charge in [0.2, 0.25) is 0 Å². The molecule has 0 aromatic heterocycles. The zero-order valence-electron chi connectivity index (χ0n) is 11.7. The molecule has 0 unspecified atom stereocenters. The van der Waals surface area contributed by atoms with Crippen molar-refractivity contribution in [2.24, 2.45) is 0 Å². The van der Waals surface area contributed by atoms with E-state index in [4.69, 9.17) is 16.3 Å². The van der Waals surface area contributed by atoms with E-state index in [-0.39, 0.29) is 17.6 Å². The van der Waals surface area contributed by atoms with Gasteiger partial charge in [0.1, 0.15) is 12.4 Å². The second-order valence-electron chi connectivity index (χ2n) is 4.53. The first kappa shape index (κ1) is 16.9. The van der Waals surface area contributed by atoms with Crippen molar-refractivity contribution in [2.45, 2.75) is 25.5 Å². The van der Waals surface area contributed by atoms with Crippen LogP contribution in [0, 0.1) is 11.8 Å². The molecule has 0 saturated carbocycles. The molecule has 0 aliphatic rings. The summed E-state index contributed by atoms with van der Waals surface area (Å²) in [5.41, 5.74) is 0.833. The Bertz CT molecular complexity index is 583. The highest BCUT2D eigenvalue weighted by atomic mass is 35.5. The van der Waals surface area contributed by atoms with Crippen LogP contribution in [0.4, 0.5) is 0 Å². The Balaban J connectivity index is 2.58. The quantitative estimate of drug-likeness (QED) is 0.599. The highest BCUT2D eigenvalue weighted by Crippen LogP contribution is 2.13. The molecule has 0 bridgehead atoms. The van der Waals surface area contributed by atoms with E-state index in [0.717, 1.165) is 5.56 Å². The molecule has 5 heteroatoms. The lowest BCUT2D eigenvalue weighted by molar-refractivity contribution is 0.340. The monoisotopic (exact) mass is 314 g/mol. The summed E-state index contributed by atoms with van der Waals surface area (Å²) < 4.78 is 28.8. The highest BCUT2D eigenvalue weighted by molar-refractivity contribution is 7.91.